The van der Waals surface area contributed by atoms with Crippen molar-refractivity contribution in [3.05, 3.63) is 64.7 Å². The van der Waals surface area contributed by atoms with Crippen LogP contribution in [0.15, 0.2) is 53.3 Å². The largest absolute Gasteiger partial charge is 0.399 e. The topological polar surface area (TPSA) is 43.3 Å². The number of nitrogen functional groups attached to an aromatic ring is 1. The van der Waals surface area contributed by atoms with Crippen LogP contribution >= 0.6 is 15.9 Å². The number of nitrogens with two attached hydrogens (primary N) is 1. The van der Waals surface area contributed by atoms with Gasteiger partial charge in [-0.1, -0.05) is 28.1 Å². The number of hydrogen-bond donors (Lipinski definition) is 1. The number of nitrogens with zero attached hydrogens (tertiary/aromatic N) is 2. The Hall–Kier alpha value is -1.81. The summed E-state index contributed by atoms with van der Waals surface area (Å²) >= 11 is 3.48. The van der Waals surface area contributed by atoms with Gasteiger partial charge in [-0.3, -0.25) is 0 Å². The average molecular weight is 302 g/mol. The van der Waals surface area contributed by atoms with E-state index in [0.29, 0.717) is 0 Å². The molecular weight excluding hydrogens is 290 g/mol. The summed E-state index contributed by atoms with van der Waals surface area (Å²) < 4.78 is 3.15. The minimum Gasteiger partial charge on any atom is -0.399 e. The summed E-state index contributed by atoms with van der Waals surface area (Å²) in [6.07, 6.45) is 4.62. The Bertz CT molecular complexity index is 703. The van der Waals surface area contributed by atoms with Gasteiger partial charge in [-0.05, 0) is 29.8 Å². The van der Waals surface area contributed by atoms with Crippen molar-refractivity contribution in [2.24, 2.45) is 0 Å². The van der Waals surface area contributed by atoms with Gasteiger partial charge in [0.05, 0.1) is 11.7 Å². The molecule has 0 bridgehead atoms. The quantitative estimate of drug-likeness (QED) is 0.789. The maximum Gasteiger partial charge on any atom is 0.117 e. The molecule has 18 heavy (non-hydrogen) atoms. The van der Waals surface area contributed by atoms with Crippen molar-refractivity contribution in [1.82, 2.24) is 9.38 Å². The highest BCUT2D eigenvalue weighted by molar-refractivity contribution is 9.10. The fourth-order valence-corrected chi connectivity index (χ4v) is 2.48. The Morgan fingerprint density at radius 1 is 1.22 bits per heavy atom. The van der Waals surface area contributed by atoms with Gasteiger partial charge in [-0.2, -0.15) is 0 Å². The van der Waals surface area contributed by atoms with Gasteiger partial charge in [-0.25, -0.2) is 4.98 Å². The van der Waals surface area contributed by atoms with Gasteiger partial charge in [-0.15, -0.1) is 0 Å². The molecular formula is C14H12BrN3. The third kappa shape index (κ3) is 2.11. The van der Waals surface area contributed by atoms with E-state index in [-0.39, 0.29) is 0 Å². The molecule has 0 aliphatic rings. The molecule has 0 aliphatic heterocycles. The number of fused-ring (bicyclic) bond motifs is 1. The van der Waals surface area contributed by atoms with Crippen molar-refractivity contribution in [1.29, 1.82) is 0 Å². The smallest absolute Gasteiger partial charge is 0.117 e. The maximum atomic E-state index is 5.76. The van der Waals surface area contributed by atoms with Crippen LogP contribution in [-0.2, 0) is 6.42 Å². The molecule has 3 nitrogen and oxygen atoms in total. The number of hydrogen-bond acceptors (Lipinski definition) is 2. The second-order valence-corrected chi connectivity index (χ2v) is 5.15. The zero-order chi connectivity index (χ0) is 12.5. The van der Waals surface area contributed by atoms with Gasteiger partial charge in [0, 0.05) is 22.8 Å². The van der Waals surface area contributed by atoms with Crippen molar-refractivity contribution in [2.75, 3.05) is 5.73 Å². The number of rotatable bonds is 2. The van der Waals surface area contributed by atoms with Crippen molar-refractivity contribution < 1.29 is 0 Å². The van der Waals surface area contributed by atoms with E-state index < -0.39 is 0 Å². The molecule has 0 amide bonds. The van der Waals surface area contributed by atoms with Crippen LogP contribution in [0.1, 0.15) is 11.4 Å². The Balaban J connectivity index is 2.00. The van der Waals surface area contributed by atoms with Gasteiger partial charge < -0.3 is 10.1 Å². The van der Waals surface area contributed by atoms with E-state index in [1.165, 1.54) is 5.56 Å². The van der Waals surface area contributed by atoms with Crippen molar-refractivity contribution in [3.63, 3.8) is 0 Å². The van der Waals surface area contributed by atoms with E-state index in [1.54, 1.807) is 0 Å². The molecule has 0 saturated heterocycles. The van der Waals surface area contributed by atoms with E-state index in [4.69, 9.17) is 5.73 Å². The summed E-state index contributed by atoms with van der Waals surface area (Å²) in [7, 11) is 0. The first-order valence-electron chi connectivity index (χ1n) is 5.68. The normalized spacial score (nSPS) is 10.9. The van der Waals surface area contributed by atoms with Crippen molar-refractivity contribution in [2.45, 2.75) is 6.42 Å². The Morgan fingerprint density at radius 2 is 2.11 bits per heavy atom. The fourth-order valence-electron chi connectivity index (χ4n) is 2.03. The number of aromatic nitrogens is 2. The molecule has 1 aromatic carbocycles. The van der Waals surface area contributed by atoms with Gasteiger partial charge >= 0.3 is 0 Å². The highest BCUT2D eigenvalue weighted by Crippen LogP contribution is 2.17. The molecule has 2 aromatic heterocycles. The molecule has 0 spiro atoms. The Morgan fingerprint density at radius 3 is 2.94 bits per heavy atom. The average Bonchev–Trinajstić information content (AvgIpc) is 2.72. The van der Waals surface area contributed by atoms with Gasteiger partial charge in [0.1, 0.15) is 5.82 Å². The second kappa shape index (κ2) is 4.46. The molecule has 2 N–H and O–H groups in total. The Kier molecular flexibility index (Phi) is 2.80. The van der Waals surface area contributed by atoms with Crippen LogP contribution in [-0.4, -0.2) is 9.38 Å². The molecule has 0 unspecified atom stereocenters. The molecule has 0 radical (unpaired) electrons. The minimum atomic E-state index is 0.761. The SMILES string of the molecule is Nc1ccn2c(Cc3cccc(Br)c3)ncc2c1. The molecule has 0 fully saturated rings. The summed E-state index contributed by atoms with van der Waals surface area (Å²) in [6, 6.07) is 12.1. The maximum absolute atomic E-state index is 5.76. The Labute approximate surface area is 113 Å². The summed E-state index contributed by atoms with van der Waals surface area (Å²) in [5, 5.41) is 0. The van der Waals surface area contributed by atoms with Crippen LogP contribution in [0, 0.1) is 0 Å². The van der Waals surface area contributed by atoms with E-state index in [9.17, 15) is 0 Å². The molecule has 0 aliphatic carbocycles. The zero-order valence-electron chi connectivity index (χ0n) is 9.68. The molecule has 4 heteroatoms. The summed E-state index contributed by atoms with van der Waals surface area (Å²) in [5.74, 6) is 1.02. The van der Waals surface area contributed by atoms with Crippen LogP contribution in [0.2, 0.25) is 0 Å². The fraction of sp³-hybridized carbons (Fsp3) is 0.0714. The summed E-state index contributed by atoms with van der Waals surface area (Å²) in [5.41, 5.74) is 8.78. The number of halogens is 1. The van der Waals surface area contributed by atoms with Crippen LogP contribution in [0.25, 0.3) is 5.52 Å². The lowest BCUT2D eigenvalue weighted by Gasteiger charge is -2.03. The lowest BCUT2D eigenvalue weighted by molar-refractivity contribution is 0.961. The first-order valence-corrected chi connectivity index (χ1v) is 6.47. The molecule has 90 valence electrons. The summed E-state index contributed by atoms with van der Waals surface area (Å²) in [4.78, 5) is 4.45. The predicted octanol–water partition coefficient (Wildman–Crippen LogP) is 3.27. The number of imidazole rings is 1. The van der Waals surface area contributed by atoms with Crippen molar-refractivity contribution in [3.8, 4) is 0 Å². The minimum absolute atomic E-state index is 0.761. The van der Waals surface area contributed by atoms with E-state index in [0.717, 1.165) is 27.9 Å². The first-order chi connectivity index (χ1) is 8.72. The number of anilines is 1. The van der Waals surface area contributed by atoms with Crippen LogP contribution < -0.4 is 5.73 Å². The molecule has 0 atom stereocenters. The third-order valence-electron chi connectivity index (χ3n) is 2.88. The van der Waals surface area contributed by atoms with Crippen LogP contribution in [0.3, 0.4) is 0 Å². The lowest BCUT2D eigenvalue weighted by Crippen LogP contribution is -1.97. The van der Waals surface area contributed by atoms with Crippen LogP contribution in [0.5, 0.6) is 0 Å². The van der Waals surface area contributed by atoms with E-state index in [2.05, 4.69) is 37.4 Å². The lowest BCUT2D eigenvalue weighted by atomic mass is 10.1. The van der Waals surface area contributed by atoms with Crippen LogP contribution in [0.4, 0.5) is 5.69 Å². The van der Waals surface area contributed by atoms with E-state index >= 15 is 0 Å². The second-order valence-electron chi connectivity index (χ2n) is 4.24. The molecule has 0 saturated carbocycles. The number of pyridine rings is 1. The van der Waals surface area contributed by atoms with E-state index in [1.807, 2.05) is 36.7 Å². The number of benzene rings is 1. The third-order valence-corrected chi connectivity index (χ3v) is 3.38. The van der Waals surface area contributed by atoms with Crippen molar-refractivity contribution >= 4 is 27.1 Å². The highest BCUT2D eigenvalue weighted by Gasteiger charge is 2.05. The van der Waals surface area contributed by atoms with Gasteiger partial charge in [0.15, 0.2) is 0 Å². The first kappa shape index (κ1) is 11.3. The standard InChI is InChI=1S/C14H12BrN3/c15-11-3-1-2-10(6-11)7-14-17-9-13-8-12(16)4-5-18(13)14/h1-6,8-9H,7,16H2. The molecule has 2 heterocycles. The zero-order valence-corrected chi connectivity index (χ0v) is 11.3. The summed E-state index contributed by atoms with van der Waals surface area (Å²) in [6.45, 7) is 0. The molecule has 3 aromatic rings. The molecule has 3 rings (SSSR count). The predicted molar refractivity (Wildman–Crippen MR) is 76.6 cm³/mol. The monoisotopic (exact) mass is 301 g/mol. The van der Waals surface area contributed by atoms with Gasteiger partial charge in [0.25, 0.3) is 0 Å². The highest BCUT2D eigenvalue weighted by atomic mass is 79.9. The van der Waals surface area contributed by atoms with Gasteiger partial charge in [0.2, 0.25) is 0 Å².